The molecule has 1 aromatic carbocycles. The summed E-state index contributed by atoms with van der Waals surface area (Å²) >= 11 is 4.61. The standard InChI is InChI=1S/C15H18BrN5O2S/c1-9(2)7-17-14(23)18-12(22)8-24-15-19-13(20-21-15)10-5-3-4-6-11(10)16/h3-6,9H,7-8H2,1-2H3,(H,19,20,21)(H2,17,18,22,23). The van der Waals surface area contributed by atoms with Gasteiger partial charge in [-0.15, -0.1) is 5.10 Å². The van der Waals surface area contributed by atoms with Crippen LogP contribution >= 0.6 is 27.7 Å². The fraction of sp³-hybridized carbons (Fsp3) is 0.333. The molecule has 0 saturated carbocycles. The normalized spacial score (nSPS) is 10.7. The van der Waals surface area contributed by atoms with E-state index in [-0.39, 0.29) is 5.75 Å². The number of thioether (sulfide) groups is 1. The third-order valence-electron chi connectivity index (χ3n) is 2.85. The molecule has 128 valence electrons. The molecule has 3 N–H and O–H groups in total. The van der Waals surface area contributed by atoms with Gasteiger partial charge in [0.05, 0.1) is 5.75 Å². The summed E-state index contributed by atoms with van der Waals surface area (Å²) in [5, 5.41) is 12.2. The summed E-state index contributed by atoms with van der Waals surface area (Å²) in [5.74, 6) is 0.597. The van der Waals surface area contributed by atoms with Gasteiger partial charge in [-0.05, 0) is 12.0 Å². The van der Waals surface area contributed by atoms with Crippen LogP contribution in [-0.2, 0) is 4.79 Å². The summed E-state index contributed by atoms with van der Waals surface area (Å²) in [4.78, 5) is 27.6. The van der Waals surface area contributed by atoms with Crippen LogP contribution in [0.25, 0.3) is 11.4 Å². The lowest BCUT2D eigenvalue weighted by Crippen LogP contribution is -2.41. The molecule has 3 amide bonds. The maximum atomic E-state index is 11.7. The number of nitrogens with zero attached hydrogens (tertiary/aromatic N) is 2. The van der Waals surface area contributed by atoms with E-state index >= 15 is 0 Å². The molecule has 1 aromatic heterocycles. The van der Waals surface area contributed by atoms with Gasteiger partial charge >= 0.3 is 6.03 Å². The van der Waals surface area contributed by atoms with E-state index in [1.54, 1.807) is 0 Å². The van der Waals surface area contributed by atoms with Crippen LogP contribution in [0, 0.1) is 5.92 Å². The minimum atomic E-state index is -0.488. The molecule has 0 atom stereocenters. The number of rotatable bonds is 6. The highest BCUT2D eigenvalue weighted by molar-refractivity contribution is 9.10. The molecule has 9 heteroatoms. The molecule has 0 bridgehead atoms. The van der Waals surface area contributed by atoms with Gasteiger partial charge in [-0.1, -0.05) is 59.7 Å². The number of carbonyl (C=O) groups is 2. The zero-order valence-electron chi connectivity index (χ0n) is 13.3. The lowest BCUT2D eigenvalue weighted by atomic mass is 10.2. The predicted molar refractivity (Wildman–Crippen MR) is 96.6 cm³/mol. The quantitative estimate of drug-likeness (QED) is 0.634. The van der Waals surface area contributed by atoms with Crippen LogP contribution < -0.4 is 10.6 Å². The lowest BCUT2D eigenvalue weighted by molar-refractivity contribution is -0.117. The van der Waals surface area contributed by atoms with E-state index in [0.29, 0.717) is 23.4 Å². The minimum absolute atomic E-state index is 0.0579. The monoisotopic (exact) mass is 411 g/mol. The molecule has 0 aliphatic heterocycles. The summed E-state index contributed by atoms with van der Waals surface area (Å²) < 4.78 is 0.900. The third-order valence-corrected chi connectivity index (χ3v) is 4.39. The minimum Gasteiger partial charge on any atom is -0.338 e. The summed E-state index contributed by atoms with van der Waals surface area (Å²) in [6.45, 7) is 4.47. The van der Waals surface area contributed by atoms with Crippen molar-refractivity contribution in [3.8, 4) is 11.4 Å². The van der Waals surface area contributed by atoms with Crippen molar-refractivity contribution < 1.29 is 9.59 Å². The van der Waals surface area contributed by atoms with Crippen molar-refractivity contribution in [1.29, 1.82) is 0 Å². The van der Waals surface area contributed by atoms with Gasteiger partial charge in [0.2, 0.25) is 11.1 Å². The fourth-order valence-electron chi connectivity index (χ4n) is 1.72. The third kappa shape index (κ3) is 5.64. The molecule has 0 aliphatic carbocycles. The fourth-order valence-corrected chi connectivity index (χ4v) is 2.79. The largest absolute Gasteiger partial charge is 0.338 e. The number of hydrogen-bond acceptors (Lipinski definition) is 5. The average molecular weight is 412 g/mol. The summed E-state index contributed by atoms with van der Waals surface area (Å²) in [6.07, 6.45) is 0. The van der Waals surface area contributed by atoms with Gasteiger partial charge < -0.3 is 5.32 Å². The Morgan fingerprint density at radius 1 is 1.33 bits per heavy atom. The maximum absolute atomic E-state index is 11.7. The number of benzene rings is 1. The Kier molecular flexibility index (Phi) is 6.80. The molecular formula is C15H18BrN5O2S. The number of aromatic nitrogens is 3. The first-order chi connectivity index (χ1) is 11.5. The molecule has 2 rings (SSSR count). The average Bonchev–Trinajstić information content (AvgIpc) is 3.00. The van der Waals surface area contributed by atoms with E-state index in [1.807, 2.05) is 38.1 Å². The number of halogens is 1. The van der Waals surface area contributed by atoms with Gasteiger partial charge in [0, 0.05) is 16.6 Å². The van der Waals surface area contributed by atoms with Crippen LogP contribution in [0.5, 0.6) is 0 Å². The highest BCUT2D eigenvalue weighted by Gasteiger charge is 2.12. The van der Waals surface area contributed by atoms with E-state index < -0.39 is 11.9 Å². The predicted octanol–water partition coefficient (Wildman–Crippen LogP) is 2.81. The molecular weight excluding hydrogens is 394 g/mol. The number of aromatic amines is 1. The Morgan fingerprint density at radius 2 is 2.08 bits per heavy atom. The zero-order valence-corrected chi connectivity index (χ0v) is 15.7. The number of urea groups is 1. The Hall–Kier alpha value is -1.87. The van der Waals surface area contributed by atoms with E-state index in [1.165, 1.54) is 0 Å². The molecule has 0 saturated heterocycles. The van der Waals surface area contributed by atoms with Crippen molar-refractivity contribution in [2.45, 2.75) is 19.0 Å². The van der Waals surface area contributed by atoms with Gasteiger partial charge in [0.15, 0.2) is 5.82 Å². The van der Waals surface area contributed by atoms with Crippen molar-refractivity contribution in [2.24, 2.45) is 5.92 Å². The van der Waals surface area contributed by atoms with Gasteiger partial charge in [-0.25, -0.2) is 9.78 Å². The van der Waals surface area contributed by atoms with Crippen LogP contribution in [0.1, 0.15) is 13.8 Å². The molecule has 1 heterocycles. The van der Waals surface area contributed by atoms with Gasteiger partial charge in [-0.2, -0.15) is 0 Å². The van der Waals surface area contributed by atoms with Crippen molar-refractivity contribution in [2.75, 3.05) is 12.3 Å². The van der Waals surface area contributed by atoms with Crippen molar-refractivity contribution in [3.05, 3.63) is 28.7 Å². The second-order valence-electron chi connectivity index (χ2n) is 5.39. The highest BCUT2D eigenvalue weighted by atomic mass is 79.9. The van der Waals surface area contributed by atoms with Crippen LogP contribution in [0.3, 0.4) is 0 Å². The maximum Gasteiger partial charge on any atom is 0.321 e. The number of H-pyrrole nitrogens is 1. The molecule has 0 fully saturated rings. The molecule has 0 spiro atoms. The zero-order chi connectivity index (χ0) is 17.5. The molecule has 0 unspecified atom stereocenters. The highest BCUT2D eigenvalue weighted by Crippen LogP contribution is 2.26. The SMILES string of the molecule is CC(C)CNC(=O)NC(=O)CSc1n[nH]c(-c2ccccc2Br)n1. The summed E-state index contributed by atoms with van der Waals surface area (Å²) in [7, 11) is 0. The van der Waals surface area contributed by atoms with Crippen molar-refractivity contribution >= 4 is 39.6 Å². The first-order valence-corrected chi connectivity index (χ1v) is 9.11. The van der Waals surface area contributed by atoms with Crippen LogP contribution in [0.2, 0.25) is 0 Å². The van der Waals surface area contributed by atoms with Crippen molar-refractivity contribution in [3.63, 3.8) is 0 Å². The molecule has 7 nitrogen and oxygen atoms in total. The number of carbonyl (C=O) groups excluding carboxylic acids is 2. The Labute approximate surface area is 152 Å². The number of nitrogens with one attached hydrogen (secondary N) is 3. The summed E-state index contributed by atoms with van der Waals surface area (Å²) in [6, 6.07) is 7.14. The van der Waals surface area contributed by atoms with E-state index in [4.69, 9.17) is 0 Å². The Morgan fingerprint density at radius 3 is 2.79 bits per heavy atom. The number of imide groups is 1. The Bertz CT molecular complexity index is 719. The van der Waals surface area contributed by atoms with Gasteiger partial charge in [0.1, 0.15) is 0 Å². The second kappa shape index (κ2) is 8.84. The lowest BCUT2D eigenvalue weighted by Gasteiger charge is -2.07. The first kappa shape index (κ1) is 18.5. The van der Waals surface area contributed by atoms with Crippen LogP contribution in [-0.4, -0.2) is 39.4 Å². The van der Waals surface area contributed by atoms with E-state index in [2.05, 4.69) is 41.7 Å². The van der Waals surface area contributed by atoms with Crippen molar-refractivity contribution in [1.82, 2.24) is 25.8 Å². The van der Waals surface area contributed by atoms with Crippen LogP contribution in [0.4, 0.5) is 4.79 Å². The second-order valence-corrected chi connectivity index (χ2v) is 7.18. The van der Waals surface area contributed by atoms with Crippen LogP contribution in [0.15, 0.2) is 33.9 Å². The smallest absolute Gasteiger partial charge is 0.321 e. The summed E-state index contributed by atoms with van der Waals surface area (Å²) in [5.41, 5.74) is 0.884. The topological polar surface area (TPSA) is 99.8 Å². The Balaban J connectivity index is 1.84. The molecule has 2 aromatic rings. The molecule has 24 heavy (non-hydrogen) atoms. The molecule has 0 aliphatic rings. The number of hydrogen-bond donors (Lipinski definition) is 3. The van der Waals surface area contributed by atoms with Gasteiger partial charge in [-0.3, -0.25) is 15.2 Å². The first-order valence-electron chi connectivity index (χ1n) is 7.33. The van der Waals surface area contributed by atoms with E-state index in [0.717, 1.165) is 21.8 Å². The number of amides is 3. The van der Waals surface area contributed by atoms with E-state index in [9.17, 15) is 9.59 Å². The van der Waals surface area contributed by atoms with Gasteiger partial charge in [0.25, 0.3) is 0 Å². The molecule has 0 radical (unpaired) electrons.